The van der Waals surface area contributed by atoms with Gasteiger partial charge in [0.1, 0.15) is 5.75 Å². The van der Waals surface area contributed by atoms with Crippen molar-refractivity contribution in [2.45, 2.75) is 44.8 Å². The van der Waals surface area contributed by atoms with Crippen molar-refractivity contribution in [3.63, 3.8) is 0 Å². The van der Waals surface area contributed by atoms with E-state index >= 15 is 0 Å². The Labute approximate surface area is 200 Å². The van der Waals surface area contributed by atoms with Crippen molar-refractivity contribution in [2.75, 3.05) is 4.90 Å². The minimum Gasteiger partial charge on any atom is -0.484 e. The number of anilines is 2. The molecule has 0 aliphatic rings. The topological polar surface area (TPSA) is 81.4 Å². The second kappa shape index (κ2) is 10.6. The molecule has 0 N–H and O–H groups in total. The first kappa shape index (κ1) is 23.0. The van der Waals surface area contributed by atoms with Gasteiger partial charge in [-0.1, -0.05) is 48.5 Å². The Morgan fingerprint density at radius 3 is 2.58 bits per heavy atom. The molecule has 0 fully saturated rings. The van der Waals surface area contributed by atoms with Gasteiger partial charge in [-0.2, -0.15) is 0 Å². The van der Waals surface area contributed by atoms with Crippen molar-refractivity contribution in [3.8, 4) is 5.75 Å². The largest absolute Gasteiger partial charge is 0.484 e. The molecular formula is C24H24N4O3S2. The molecule has 0 spiro atoms. The molecule has 7 nitrogen and oxygen atoms in total. The number of nitrogens with zero attached hydrogens (tertiary/aromatic N) is 4. The van der Waals surface area contributed by atoms with E-state index in [1.165, 1.54) is 34.2 Å². The number of thiazole rings is 1. The number of thioether (sulfide) groups is 1. The van der Waals surface area contributed by atoms with Crippen molar-refractivity contribution < 1.29 is 13.9 Å². The second-order valence-corrected chi connectivity index (χ2v) is 9.11. The lowest BCUT2D eigenvalue weighted by molar-refractivity contribution is -0.115. The summed E-state index contributed by atoms with van der Waals surface area (Å²) in [6.07, 6.45) is 0.953. The van der Waals surface area contributed by atoms with Crippen LogP contribution in [0.3, 0.4) is 0 Å². The fourth-order valence-corrected chi connectivity index (χ4v) is 4.71. The zero-order valence-electron chi connectivity index (χ0n) is 18.6. The van der Waals surface area contributed by atoms with Crippen LogP contribution in [0, 0.1) is 6.92 Å². The van der Waals surface area contributed by atoms with Crippen LogP contribution < -0.4 is 9.64 Å². The minimum absolute atomic E-state index is 0.0806. The second-order valence-electron chi connectivity index (χ2n) is 7.35. The van der Waals surface area contributed by atoms with E-state index in [4.69, 9.17) is 9.15 Å². The molecule has 0 atom stereocenters. The van der Waals surface area contributed by atoms with Crippen molar-refractivity contribution >= 4 is 39.8 Å². The molecule has 1 amide bonds. The highest BCUT2D eigenvalue weighted by atomic mass is 32.2. The Morgan fingerprint density at radius 1 is 1.12 bits per heavy atom. The zero-order chi connectivity index (χ0) is 23.2. The molecule has 4 aromatic rings. The predicted molar refractivity (Wildman–Crippen MR) is 130 cm³/mol. The van der Waals surface area contributed by atoms with Crippen LogP contribution in [-0.4, -0.2) is 21.1 Å². The van der Waals surface area contributed by atoms with E-state index < -0.39 is 0 Å². The van der Waals surface area contributed by atoms with Gasteiger partial charge in [-0.25, -0.2) is 4.98 Å². The standard InChI is InChI=1S/C24H24N4O3S2/c1-4-18-7-9-20(10-8-18)28(17(3)29)23-25-19(14-32-23)15-33-24-27-26-22(31-24)13-30-21-11-5-16(2)6-12-21/h5-12,14H,4,13,15H2,1-3H3. The molecule has 170 valence electrons. The van der Waals surface area contributed by atoms with Gasteiger partial charge in [0, 0.05) is 18.1 Å². The van der Waals surface area contributed by atoms with Crippen molar-refractivity contribution in [3.05, 3.63) is 76.6 Å². The van der Waals surface area contributed by atoms with E-state index in [1.807, 2.05) is 60.8 Å². The Kier molecular flexibility index (Phi) is 7.41. The minimum atomic E-state index is -0.0806. The van der Waals surface area contributed by atoms with Crippen LogP contribution in [0.15, 0.2) is 63.6 Å². The molecule has 2 aromatic carbocycles. The summed E-state index contributed by atoms with van der Waals surface area (Å²) in [7, 11) is 0. The molecule has 0 saturated carbocycles. The number of amides is 1. The van der Waals surface area contributed by atoms with E-state index in [0.29, 0.717) is 22.0 Å². The fourth-order valence-electron chi connectivity index (χ4n) is 3.04. The van der Waals surface area contributed by atoms with Gasteiger partial charge in [0.25, 0.3) is 11.1 Å². The Bertz CT molecular complexity index is 1200. The van der Waals surface area contributed by atoms with E-state index in [9.17, 15) is 4.79 Å². The molecule has 4 rings (SSSR count). The molecule has 33 heavy (non-hydrogen) atoms. The summed E-state index contributed by atoms with van der Waals surface area (Å²) in [5, 5.41) is 11.1. The number of carbonyl (C=O) groups excluding carboxylic acids is 1. The lowest BCUT2D eigenvalue weighted by atomic mass is 10.1. The van der Waals surface area contributed by atoms with Crippen LogP contribution in [0.5, 0.6) is 5.75 Å². The third kappa shape index (κ3) is 6.00. The van der Waals surface area contributed by atoms with Crippen molar-refractivity contribution in [2.24, 2.45) is 0 Å². The van der Waals surface area contributed by atoms with Crippen LogP contribution in [0.2, 0.25) is 0 Å². The lowest BCUT2D eigenvalue weighted by Crippen LogP contribution is -2.22. The first-order valence-corrected chi connectivity index (χ1v) is 12.4. The molecule has 0 saturated heterocycles. The Balaban J connectivity index is 1.35. The summed E-state index contributed by atoms with van der Waals surface area (Å²) >= 11 is 2.83. The number of benzene rings is 2. The SMILES string of the molecule is CCc1ccc(N(C(C)=O)c2nc(CSc3nnc(COc4ccc(C)cc4)o3)cs2)cc1. The van der Waals surface area contributed by atoms with Crippen LogP contribution in [0.25, 0.3) is 0 Å². The molecular weight excluding hydrogens is 456 g/mol. The number of aromatic nitrogens is 3. The number of hydrogen-bond donors (Lipinski definition) is 0. The Hall–Kier alpha value is -3.17. The molecule has 9 heteroatoms. The van der Waals surface area contributed by atoms with Gasteiger partial charge in [0.2, 0.25) is 5.91 Å². The van der Waals surface area contributed by atoms with E-state index in [0.717, 1.165) is 23.6 Å². The third-order valence-corrected chi connectivity index (χ3v) is 6.55. The highest BCUT2D eigenvalue weighted by Gasteiger charge is 2.18. The van der Waals surface area contributed by atoms with Crippen LogP contribution in [0.1, 0.15) is 36.6 Å². The number of aryl methyl sites for hydroxylation is 2. The third-order valence-electron chi connectivity index (χ3n) is 4.82. The normalized spacial score (nSPS) is 10.9. The van der Waals surface area contributed by atoms with Gasteiger partial charge in [0.05, 0.1) is 11.4 Å². The van der Waals surface area contributed by atoms with Gasteiger partial charge in [-0.15, -0.1) is 21.5 Å². The maximum atomic E-state index is 12.3. The van der Waals surface area contributed by atoms with Crippen LogP contribution >= 0.6 is 23.1 Å². The average molecular weight is 481 g/mol. The molecule has 0 aliphatic carbocycles. The summed E-state index contributed by atoms with van der Waals surface area (Å²) < 4.78 is 11.3. The van der Waals surface area contributed by atoms with Gasteiger partial charge >= 0.3 is 0 Å². The first-order valence-electron chi connectivity index (χ1n) is 10.5. The van der Waals surface area contributed by atoms with E-state index in [-0.39, 0.29) is 12.5 Å². The quantitative estimate of drug-likeness (QED) is 0.274. The van der Waals surface area contributed by atoms with Crippen molar-refractivity contribution in [1.29, 1.82) is 0 Å². The van der Waals surface area contributed by atoms with Crippen LogP contribution in [0.4, 0.5) is 10.8 Å². The smallest absolute Gasteiger partial charge is 0.277 e. The molecule has 2 aromatic heterocycles. The molecule has 0 aliphatic heterocycles. The highest BCUT2D eigenvalue weighted by molar-refractivity contribution is 7.98. The van der Waals surface area contributed by atoms with Gasteiger partial charge in [0.15, 0.2) is 11.7 Å². The predicted octanol–water partition coefficient (Wildman–Crippen LogP) is 5.95. The average Bonchev–Trinajstić information content (AvgIpc) is 3.47. The maximum Gasteiger partial charge on any atom is 0.277 e. The Morgan fingerprint density at radius 2 is 1.88 bits per heavy atom. The lowest BCUT2D eigenvalue weighted by Gasteiger charge is -2.18. The summed E-state index contributed by atoms with van der Waals surface area (Å²) in [5.74, 6) is 1.64. The van der Waals surface area contributed by atoms with Gasteiger partial charge in [-0.3, -0.25) is 9.69 Å². The monoisotopic (exact) mass is 480 g/mol. The number of ether oxygens (including phenoxy) is 1. The zero-order valence-corrected chi connectivity index (χ0v) is 20.3. The molecule has 0 radical (unpaired) electrons. The first-order chi connectivity index (χ1) is 16.0. The summed E-state index contributed by atoms with van der Waals surface area (Å²) in [6.45, 7) is 5.88. The highest BCUT2D eigenvalue weighted by Crippen LogP contribution is 2.31. The maximum absolute atomic E-state index is 12.3. The molecule has 2 heterocycles. The molecule has 0 bridgehead atoms. The van der Waals surface area contributed by atoms with Gasteiger partial charge < -0.3 is 9.15 Å². The summed E-state index contributed by atoms with van der Waals surface area (Å²) in [5.41, 5.74) is 4.04. The van der Waals surface area contributed by atoms with E-state index in [2.05, 4.69) is 22.1 Å². The van der Waals surface area contributed by atoms with E-state index in [1.54, 1.807) is 11.8 Å². The van der Waals surface area contributed by atoms with Gasteiger partial charge in [-0.05, 0) is 43.2 Å². The van der Waals surface area contributed by atoms with Crippen LogP contribution in [-0.2, 0) is 23.6 Å². The molecule has 0 unspecified atom stereocenters. The fraction of sp³-hybridized carbons (Fsp3) is 0.250. The number of carbonyl (C=O) groups is 1. The summed E-state index contributed by atoms with van der Waals surface area (Å²) in [4.78, 5) is 18.6. The number of rotatable bonds is 9. The summed E-state index contributed by atoms with van der Waals surface area (Å²) in [6, 6.07) is 15.8. The van der Waals surface area contributed by atoms with Crippen molar-refractivity contribution in [1.82, 2.24) is 15.2 Å². The number of hydrogen-bond acceptors (Lipinski definition) is 8.